The third kappa shape index (κ3) is 4.04. The molecule has 23 heavy (non-hydrogen) atoms. The van der Waals surface area contributed by atoms with Crippen LogP contribution in [0, 0.1) is 24.2 Å². The summed E-state index contributed by atoms with van der Waals surface area (Å²) in [5.74, 6) is -0.101. The van der Waals surface area contributed by atoms with Crippen molar-refractivity contribution >= 4 is 5.97 Å². The van der Waals surface area contributed by atoms with Crippen molar-refractivity contribution in [2.75, 3.05) is 6.61 Å². The van der Waals surface area contributed by atoms with E-state index in [1.54, 1.807) is 13.0 Å². The zero-order chi connectivity index (χ0) is 16.8. The van der Waals surface area contributed by atoms with Crippen LogP contribution >= 0.6 is 0 Å². The van der Waals surface area contributed by atoms with Crippen molar-refractivity contribution in [3.05, 3.63) is 41.7 Å². The van der Waals surface area contributed by atoms with E-state index in [0.717, 1.165) is 0 Å². The first-order chi connectivity index (χ1) is 11.0. The lowest BCUT2D eigenvalue weighted by Gasteiger charge is -2.11. The Balaban J connectivity index is 2.25. The van der Waals surface area contributed by atoms with E-state index in [1.165, 1.54) is 6.20 Å². The van der Waals surface area contributed by atoms with Gasteiger partial charge in [0, 0.05) is 12.1 Å². The first kappa shape index (κ1) is 16.4. The quantitative estimate of drug-likeness (QED) is 0.880. The van der Waals surface area contributed by atoms with Gasteiger partial charge in [-0.05, 0) is 32.4 Å². The molecule has 0 aliphatic rings. The number of aromatic carboxylic acids is 1. The number of carboxylic acid groups (broad SMARTS) is 1. The van der Waals surface area contributed by atoms with Gasteiger partial charge >= 0.3 is 5.97 Å². The number of aryl methyl sites for hydroxylation is 1. The molecule has 0 spiro atoms. The molecule has 1 N–H and O–H groups in total. The zero-order valence-corrected chi connectivity index (χ0v) is 13.0. The molecule has 1 aromatic carbocycles. The van der Waals surface area contributed by atoms with Crippen LogP contribution in [0.2, 0.25) is 0 Å². The molecular formula is C17H17N3O3. The van der Waals surface area contributed by atoms with Gasteiger partial charge in [-0.1, -0.05) is 12.1 Å². The summed E-state index contributed by atoms with van der Waals surface area (Å²) < 4.78 is 5.73. The van der Waals surface area contributed by atoms with Crippen LogP contribution in [0.1, 0.15) is 29.4 Å². The predicted octanol–water partition coefficient (Wildman–Crippen LogP) is 3.08. The van der Waals surface area contributed by atoms with Gasteiger partial charge in [-0.2, -0.15) is 5.26 Å². The minimum atomic E-state index is -1.05. The molecule has 0 saturated heterocycles. The number of para-hydroxylation sites is 1. The van der Waals surface area contributed by atoms with E-state index in [1.807, 2.05) is 25.1 Å². The molecule has 1 heterocycles. The number of ether oxygens (including phenoxy) is 1. The standard InChI is InChI=1S/C17H17N3O3/c1-11(9-18)7-8-23-15-6-4-3-5-13(15)16-19-10-14(17(21)22)12(2)20-16/h3-6,10-11H,7-8H2,1-2H3,(H,21,22). The number of hydrogen-bond donors (Lipinski definition) is 1. The Morgan fingerprint density at radius 1 is 1.43 bits per heavy atom. The zero-order valence-electron chi connectivity index (χ0n) is 13.0. The van der Waals surface area contributed by atoms with Gasteiger partial charge in [0.25, 0.3) is 0 Å². The number of rotatable bonds is 6. The van der Waals surface area contributed by atoms with Crippen LogP contribution in [0.4, 0.5) is 0 Å². The lowest BCUT2D eigenvalue weighted by atomic mass is 10.1. The van der Waals surface area contributed by atoms with Crippen molar-refractivity contribution in [1.82, 2.24) is 9.97 Å². The lowest BCUT2D eigenvalue weighted by Crippen LogP contribution is -2.06. The largest absolute Gasteiger partial charge is 0.493 e. The Kier molecular flexibility index (Phi) is 5.26. The molecule has 6 nitrogen and oxygen atoms in total. The number of benzene rings is 1. The minimum Gasteiger partial charge on any atom is -0.493 e. The Labute approximate surface area is 134 Å². The highest BCUT2D eigenvalue weighted by atomic mass is 16.5. The van der Waals surface area contributed by atoms with Crippen molar-refractivity contribution in [3.63, 3.8) is 0 Å². The summed E-state index contributed by atoms with van der Waals surface area (Å²) in [7, 11) is 0. The molecule has 0 fully saturated rings. The van der Waals surface area contributed by atoms with Crippen LogP contribution < -0.4 is 4.74 Å². The first-order valence-electron chi connectivity index (χ1n) is 7.21. The lowest BCUT2D eigenvalue weighted by molar-refractivity contribution is 0.0695. The summed E-state index contributed by atoms with van der Waals surface area (Å²) in [6, 6.07) is 9.46. The fourth-order valence-corrected chi connectivity index (χ4v) is 1.99. The first-order valence-corrected chi connectivity index (χ1v) is 7.21. The van der Waals surface area contributed by atoms with Gasteiger partial charge in [0.2, 0.25) is 0 Å². The second-order valence-corrected chi connectivity index (χ2v) is 5.16. The normalized spacial score (nSPS) is 11.5. The topological polar surface area (TPSA) is 96.1 Å². The molecule has 2 rings (SSSR count). The highest BCUT2D eigenvalue weighted by molar-refractivity contribution is 5.88. The molecule has 1 aromatic heterocycles. The number of hydrogen-bond acceptors (Lipinski definition) is 5. The molecule has 0 amide bonds. The average molecular weight is 311 g/mol. The van der Waals surface area contributed by atoms with Gasteiger partial charge in [0.05, 0.1) is 29.5 Å². The van der Waals surface area contributed by atoms with Gasteiger partial charge in [0.1, 0.15) is 5.75 Å². The molecule has 0 saturated carbocycles. The van der Waals surface area contributed by atoms with Crippen LogP contribution in [0.3, 0.4) is 0 Å². The van der Waals surface area contributed by atoms with Crippen LogP contribution in [-0.4, -0.2) is 27.7 Å². The third-order valence-electron chi connectivity index (χ3n) is 3.37. The second kappa shape index (κ2) is 7.36. The van der Waals surface area contributed by atoms with Gasteiger partial charge in [-0.3, -0.25) is 0 Å². The van der Waals surface area contributed by atoms with E-state index >= 15 is 0 Å². The van der Waals surface area contributed by atoms with Crippen molar-refractivity contribution in [2.45, 2.75) is 20.3 Å². The number of aromatic nitrogens is 2. The van der Waals surface area contributed by atoms with Crippen LogP contribution in [-0.2, 0) is 0 Å². The maximum absolute atomic E-state index is 11.0. The van der Waals surface area contributed by atoms with E-state index in [-0.39, 0.29) is 11.5 Å². The highest BCUT2D eigenvalue weighted by Crippen LogP contribution is 2.27. The van der Waals surface area contributed by atoms with E-state index in [2.05, 4.69) is 16.0 Å². The monoisotopic (exact) mass is 311 g/mol. The maximum atomic E-state index is 11.0. The molecule has 0 aliphatic carbocycles. The number of carboxylic acids is 1. The maximum Gasteiger partial charge on any atom is 0.339 e. The van der Waals surface area contributed by atoms with Crippen LogP contribution in [0.15, 0.2) is 30.5 Å². The number of nitriles is 1. The minimum absolute atomic E-state index is 0.0736. The number of nitrogens with zero attached hydrogens (tertiary/aromatic N) is 3. The highest BCUT2D eigenvalue weighted by Gasteiger charge is 2.14. The SMILES string of the molecule is Cc1nc(-c2ccccc2OCCC(C)C#N)ncc1C(=O)O. The van der Waals surface area contributed by atoms with Gasteiger partial charge < -0.3 is 9.84 Å². The molecule has 6 heteroatoms. The summed E-state index contributed by atoms with van der Waals surface area (Å²) >= 11 is 0. The van der Waals surface area contributed by atoms with E-state index < -0.39 is 5.97 Å². The van der Waals surface area contributed by atoms with Gasteiger partial charge in [-0.15, -0.1) is 0 Å². The van der Waals surface area contributed by atoms with Gasteiger partial charge in [-0.25, -0.2) is 14.8 Å². The number of carbonyl (C=O) groups is 1. The van der Waals surface area contributed by atoms with Gasteiger partial charge in [0.15, 0.2) is 5.82 Å². The summed E-state index contributed by atoms with van der Waals surface area (Å²) in [5, 5.41) is 17.8. The molecule has 1 atom stereocenters. The van der Waals surface area contributed by atoms with Crippen molar-refractivity contribution in [3.8, 4) is 23.2 Å². The molecule has 0 radical (unpaired) electrons. The summed E-state index contributed by atoms with van der Waals surface area (Å²) in [6.07, 6.45) is 1.93. The Bertz CT molecular complexity index is 753. The van der Waals surface area contributed by atoms with E-state index in [0.29, 0.717) is 35.9 Å². The molecule has 2 aromatic rings. The van der Waals surface area contributed by atoms with E-state index in [4.69, 9.17) is 15.1 Å². The summed E-state index contributed by atoms with van der Waals surface area (Å²) in [5.41, 5.74) is 1.17. The van der Waals surface area contributed by atoms with E-state index in [9.17, 15) is 4.79 Å². The smallest absolute Gasteiger partial charge is 0.339 e. The molecular weight excluding hydrogens is 294 g/mol. The molecule has 0 aliphatic heterocycles. The Morgan fingerprint density at radius 2 is 2.17 bits per heavy atom. The summed E-state index contributed by atoms with van der Waals surface area (Å²) in [6.45, 7) is 3.89. The fourth-order valence-electron chi connectivity index (χ4n) is 1.99. The van der Waals surface area contributed by atoms with Crippen molar-refractivity contribution in [2.24, 2.45) is 5.92 Å². The van der Waals surface area contributed by atoms with Crippen molar-refractivity contribution < 1.29 is 14.6 Å². The van der Waals surface area contributed by atoms with Crippen LogP contribution in [0.5, 0.6) is 5.75 Å². The Morgan fingerprint density at radius 3 is 2.83 bits per heavy atom. The fraction of sp³-hybridized carbons (Fsp3) is 0.294. The average Bonchev–Trinajstić information content (AvgIpc) is 2.54. The summed E-state index contributed by atoms with van der Waals surface area (Å²) in [4.78, 5) is 19.4. The predicted molar refractivity (Wildman–Crippen MR) is 84.1 cm³/mol. The molecule has 118 valence electrons. The molecule has 1 unspecified atom stereocenters. The second-order valence-electron chi connectivity index (χ2n) is 5.16. The third-order valence-corrected chi connectivity index (χ3v) is 3.37. The Hall–Kier alpha value is -2.94. The van der Waals surface area contributed by atoms with Crippen LogP contribution in [0.25, 0.3) is 11.4 Å². The molecule has 0 bridgehead atoms. The van der Waals surface area contributed by atoms with Crippen molar-refractivity contribution in [1.29, 1.82) is 5.26 Å².